The van der Waals surface area contributed by atoms with Crippen LogP contribution in [0.4, 0.5) is 5.69 Å². The molecular formula is C6H8N2O. The second kappa shape index (κ2) is 2.46. The van der Waals surface area contributed by atoms with Crippen molar-refractivity contribution in [2.75, 3.05) is 5.48 Å². The molecule has 1 aromatic rings. The molecular weight excluding hydrogens is 116 g/mol. The van der Waals surface area contributed by atoms with Crippen molar-refractivity contribution in [1.29, 1.82) is 0 Å². The molecule has 1 rings (SSSR count). The number of nitrogens with zero attached hydrogens (tertiary/aromatic N) is 1. The van der Waals surface area contributed by atoms with Crippen LogP contribution in [0.25, 0.3) is 0 Å². The number of hydrogen-bond acceptors (Lipinski definition) is 3. The molecule has 0 aliphatic heterocycles. The van der Waals surface area contributed by atoms with Gasteiger partial charge >= 0.3 is 0 Å². The number of pyridine rings is 1. The lowest BCUT2D eigenvalue weighted by atomic mass is 10.3. The fourth-order valence-electron chi connectivity index (χ4n) is 0.534. The normalized spacial score (nSPS) is 9.11. The smallest absolute Gasteiger partial charge is 0.0785 e. The van der Waals surface area contributed by atoms with E-state index in [0.29, 0.717) is 5.69 Å². The summed E-state index contributed by atoms with van der Waals surface area (Å²) < 4.78 is 0. The maximum absolute atomic E-state index is 8.34. The summed E-state index contributed by atoms with van der Waals surface area (Å²) >= 11 is 0. The molecule has 0 fully saturated rings. The number of rotatable bonds is 1. The molecule has 0 bridgehead atoms. The molecule has 1 heterocycles. The minimum atomic E-state index is 0.612. The topological polar surface area (TPSA) is 45.1 Å². The van der Waals surface area contributed by atoms with Gasteiger partial charge in [-0.2, -0.15) is 0 Å². The van der Waals surface area contributed by atoms with Crippen LogP contribution >= 0.6 is 0 Å². The molecule has 48 valence electrons. The second-order valence-corrected chi connectivity index (χ2v) is 1.80. The zero-order valence-corrected chi connectivity index (χ0v) is 5.13. The van der Waals surface area contributed by atoms with Crippen molar-refractivity contribution in [2.45, 2.75) is 6.92 Å². The van der Waals surface area contributed by atoms with Gasteiger partial charge in [-0.1, -0.05) is 0 Å². The first-order valence-corrected chi connectivity index (χ1v) is 2.65. The highest BCUT2D eigenvalue weighted by Gasteiger charge is 1.86. The van der Waals surface area contributed by atoms with E-state index in [1.807, 2.05) is 18.5 Å². The molecule has 0 aliphatic rings. The van der Waals surface area contributed by atoms with Crippen molar-refractivity contribution in [1.82, 2.24) is 4.98 Å². The number of aryl methyl sites for hydroxylation is 1. The Bertz CT molecular complexity index is 183. The zero-order valence-electron chi connectivity index (χ0n) is 5.13. The quantitative estimate of drug-likeness (QED) is 0.553. The van der Waals surface area contributed by atoms with E-state index in [2.05, 4.69) is 4.98 Å². The molecule has 0 spiro atoms. The van der Waals surface area contributed by atoms with Crippen molar-refractivity contribution in [3.8, 4) is 0 Å². The second-order valence-electron chi connectivity index (χ2n) is 1.80. The highest BCUT2D eigenvalue weighted by Crippen LogP contribution is 2.02. The molecule has 3 heteroatoms. The Morgan fingerprint density at radius 3 is 2.78 bits per heavy atom. The van der Waals surface area contributed by atoms with Gasteiger partial charge in [-0.05, 0) is 19.1 Å². The summed E-state index contributed by atoms with van der Waals surface area (Å²) in [5, 5.41) is 8.34. The number of hydrogen-bond donors (Lipinski definition) is 2. The number of anilines is 1. The van der Waals surface area contributed by atoms with Crippen molar-refractivity contribution >= 4 is 5.69 Å². The Kier molecular flexibility index (Phi) is 1.65. The molecule has 0 aromatic carbocycles. The standard InChI is InChI=1S/C6H8N2O/c1-5-2-3-6(8-9)4-7-5/h2-4,8-9H,1H3. The third-order valence-corrected chi connectivity index (χ3v) is 1.04. The van der Waals surface area contributed by atoms with Crippen molar-refractivity contribution in [3.05, 3.63) is 24.0 Å². The minimum Gasteiger partial charge on any atom is -0.291 e. The van der Waals surface area contributed by atoms with Crippen molar-refractivity contribution in [3.63, 3.8) is 0 Å². The predicted molar refractivity (Wildman–Crippen MR) is 34.4 cm³/mol. The SMILES string of the molecule is Cc1ccc(NO)cn1. The summed E-state index contributed by atoms with van der Waals surface area (Å²) in [6, 6.07) is 3.57. The lowest BCUT2D eigenvalue weighted by Crippen LogP contribution is -1.89. The first-order valence-electron chi connectivity index (χ1n) is 2.65. The summed E-state index contributed by atoms with van der Waals surface area (Å²) in [4.78, 5) is 3.93. The molecule has 0 saturated heterocycles. The lowest BCUT2D eigenvalue weighted by Gasteiger charge is -1.95. The summed E-state index contributed by atoms with van der Waals surface area (Å²) in [5.74, 6) is 0. The van der Waals surface area contributed by atoms with E-state index in [1.54, 1.807) is 12.3 Å². The van der Waals surface area contributed by atoms with Gasteiger partial charge in [-0.25, -0.2) is 0 Å². The molecule has 3 nitrogen and oxygen atoms in total. The van der Waals surface area contributed by atoms with Crippen LogP contribution in [-0.4, -0.2) is 10.2 Å². The monoisotopic (exact) mass is 124 g/mol. The average molecular weight is 124 g/mol. The molecule has 0 amide bonds. The van der Waals surface area contributed by atoms with Gasteiger partial charge < -0.3 is 0 Å². The Morgan fingerprint density at radius 1 is 1.56 bits per heavy atom. The van der Waals surface area contributed by atoms with Crippen molar-refractivity contribution in [2.24, 2.45) is 0 Å². The first-order chi connectivity index (χ1) is 4.33. The van der Waals surface area contributed by atoms with Crippen LogP contribution in [0.3, 0.4) is 0 Å². The van der Waals surface area contributed by atoms with E-state index >= 15 is 0 Å². The van der Waals surface area contributed by atoms with Crippen LogP contribution < -0.4 is 5.48 Å². The van der Waals surface area contributed by atoms with Gasteiger partial charge in [0.2, 0.25) is 0 Å². The molecule has 0 radical (unpaired) electrons. The molecule has 1 aromatic heterocycles. The predicted octanol–water partition coefficient (Wildman–Crippen LogP) is 1.19. The van der Waals surface area contributed by atoms with Gasteiger partial charge in [0.15, 0.2) is 0 Å². The van der Waals surface area contributed by atoms with E-state index in [4.69, 9.17) is 5.21 Å². The zero-order chi connectivity index (χ0) is 6.69. The first kappa shape index (κ1) is 6.04. The minimum absolute atomic E-state index is 0.612. The van der Waals surface area contributed by atoms with Crippen LogP contribution in [0.15, 0.2) is 18.3 Å². The van der Waals surface area contributed by atoms with E-state index in [9.17, 15) is 0 Å². The molecule has 0 atom stereocenters. The fraction of sp³-hybridized carbons (Fsp3) is 0.167. The van der Waals surface area contributed by atoms with Crippen molar-refractivity contribution < 1.29 is 5.21 Å². The molecule has 0 aliphatic carbocycles. The Balaban J connectivity index is 2.88. The van der Waals surface area contributed by atoms with Gasteiger partial charge in [-0.3, -0.25) is 15.7 Å². The molecule has 9 heavy (non-hydrogen) atoms. The lowest BCUT2D eigenvalue weighted by molar-refractivity contribution is 0.388. The Labute approximate surface area is 53.3 Å². The maximum Gasteiger partial charge on any atom is 0.0785 e. The highest BCUT2D eigenvalue weighted by atomic mass is 16.5. The third kappa shape index (κ3) is 1.40. The van der Waals surface area contributed by atoms with Gasteiger partial charge in [0.1, 0.15) is 0 Å². The summed E-state index contributed by atoms with van der Waals surface area (Å²) in [7, 11) is 0. The average Bonchev–Trinajstić information content (AvgIpc) is 1.90. The van der Waals surface area contributed by atoms with Crippen LogP contribution in [0.2, 0.25) is 0 Å². The summed E-state index contributed by atoms with van der Waals surface area (Å²) in [5.41, 5.74) is 3.54. The number of aromatic nitrogens is 1. The van der Waals surface area contributed by atoms with E-state index < -0.39 is 0 Å². The van der Waals surface area contributed by atoms with Gasteiger partial charge in [-0.15, -0.1) is 0 Å². The van der Waals surface area contributed by atoms with Crippen LogP contribution in [0, 0.1) is 6.92 Å². The Morgan fingerprint density at radius 2 is 2.33 bits per heavy atom. The van der Waals surface area contributed by atoms with Crippen LogP contribution in [0.5, 0.6) is 0 Å². The van der Waals surface area contributed by atoms with Gasteiger partial charge in [0.25, 0.3) is 0 Å². The van der Waals surface area contributed by atoms with Crippen LogP contribution in [-0.2, 0) is 0 Å². The molecule has 0 saturated carbocycles. The molecule has 0 unspecified atom stereocenters. The maximum atomic E-state index is 8.34. The van der Waals surface area contributed by atoms with Crippen LogP contribution in [0.1, 0.15) is 5.69 Å². The number of nitrogens with one attached hydrogen (secondary N) is 1. The van der Waals surface area contributed by atoms with Gasteiger partial charge in [0.05, 0.1) is 11.9 Å². The van der Waals surface area contributed by atoms with Gasteiger partial charge in [0, 0.05) is 5.69 Å². The summed E-state index contributed by atoms with van der Waals surface area (Å²) in [6.45, 7) is 1.89. The molecule has 2 N–H and O–H groups in total. The van der Waals surface area contributed by atoms with E-state index in [-0.39, 0.29) is 0 Å². The largest absolute Gasteiger partial charge is 0.291 e. The van der Waals surface area contributed by atoms with E-state index in [0.717, 1.165) is 5.69 Å². The fourth-order valence-corrected chi connectivity index (χ4v) is 0.534. The summed E-state index contributed by atoms with van der Waals surface area (Å²) in [6.07, 6.45) is 1.56. The van der Waals surface area contributed by atoms with E-state index in [1.165, 1.54) is 0 Å². The third-order valence-electron chi connectivity index (χ3n) is 1.04. The Hall–Kier alpha value is -1.09. The highest BCUT2D eigenvalue weighted by molar-refractivity contribution is 5.37.